The quantitative estimate of drug-likeness (QED) is 0.641. The molecule has 110 valence electrons. The van der Waals surface area contributed by atoms with Crippen LogP contribution in [0.3, 0.4) is 0 Å². The third-order valence-corrected chi connectivity index (χ3v) is 3.38. The molecule has 0 fully saturated rings. The molecule has 6 heteroatoms. The first-order chi connectivity index (χ1) is 9.42. The van der Waals surface area contributed by atoms with Crippen molar-refractivity contribution in [3.8, 4) is 0 Å². The van der Waals surface area contributed by atoms with E-state index in [-0.39, 0.29) is 23.2 Å². The summed E-state index contributed by atoms with van der Waals surface area (Å²) in [6.45, 7) is 6.50. The van der Waals surface area contributed by atoms with Gasteiger partial charge >= 0.3 is 0 Å². The predicted molar refractivity (Wildman–Crippen MR) is 79.1 cm³/mol. The molecular weight excluding hydrogens is 258 g/mol. The Morgan fingerprint density at radius 1 is 1.45 bits per heavy atom. The summed E-state index contributed by atoms with van der Waals surface area (Å²) in [5.74, 6) is -0.328. The molecule has 0 spiro atoms. The molecule has 1 N–H and O–H groups in total. The van der Waals surface area contributed by atoms with Gasteiger partial charge in [0.05, 0.1) is 4.92 Å². The average molecular weight is 279 g/mol. The lowest BCUT2D eigenvalue weighted by atomic mass is 10.1. The van der Waals surface area contributed by atoms with Gasteiger partial charge in [-0.25, -0.2) is 0 Å². The first-order valence-corrected chi connectivity index (χ1v) is 6.71. The number of benzene rings is 1. The normalized spacial score (nSPS) is 11.8. The molecule has 1 unspecified atom stereocenters. The molecule has 0 bridgehead atoms. The van der Waals surface area contributed by atoms with Crippen LogP contribution in [0, 0.1) is 10.1 Å². The van der Waals surface area contributed by atoms with E-state index in [0.717, 1.165) is 6.42 Å². The average Bonchev–Trinajstić information content (AvgIpc) is 2.44. The van der Waals surface area contributed by atoms with Gasteiger partial charge in [-0.2, -0.15) is 0 Å². The van der Waals surface area contributed by atoms with Crippen molar-refractivity contribution in [2.45, 2.75) is 33.2 Å². The molecule has 1 aromatic carbocycles. The number of amides is 1. The maximum Gasteiger partial charge on any atom is 0.282 e. The van der Waals surface area contributed by atoms with Crippen LogP contribution < -0.4 is 5.32 Å². The van der Waals surface area contributed by atoms with Crippen LogP contribution in [0.2, 0.25) is 0 Å². The van der Waals surface area contributed by atoms with Crippen molar-refractivity contribution >= 4 is 17.3 Å². The minimum Gasteiger partial charge on any atom is -0.385 e. The Balaban J connectivity index is 3.21. The molecular formula is C14H21N3O3. The molecule has 1 rings (SSSR count). The number of nitro benzene ring substituents is 1. The summed E-state index contributed by atoms with van der Waals surface area (Å²) in [7, 11) is 1.67. The first kappa shape index (κ1) is 15.9. The summed E-state index contributed by atoms with van der Waals surface area (Å²) in [5.41, 5.74) is 0.669. The second kappa shape index (κ2) is 6.88. The second-order valence-electron chi connectivity index (χ2n) is 4.69. The minimum absolute atomic E-state index is 0.0323. The molecule has 20 heavy (non-hydrogen) atoms. The Kier molecular flexibility index (Phi) is 5.49. The summed E-state index contributed by atoms with van der Waals surface area (Å²) in [5, 5.41) is 14.1. The molecule has 1 atom stereocenters. The van der Waals surface area contributed by atoms with Crippen molar-refractivity contribution in [2.24, 2.45) is 0 Å². The molecule has 1 amide bonds. The molecule has 6 nitrogen and oxygen atoms in total. The molecule has 0 aromatic heterocycles. The largest absolute Gasteiger partial charge is 0.385 e. The van der Waals surface area contributed by atoms with Gasteiger partial charge in [-0.1, -0.05) is 6.92 Å². The first-order valence-electron chi connectivity index (χ1n) is 6.71. The second-order valence-corrected chi connectivity index (χ2v) is 4.69. The minimum atomic E-state index is -0.520. The number of nitrogens with one attached hydrogen (secondary N) is 1. The van der Waals surface area contributed by atoms with Crippen molar-refractivity contribution in [3.63, 3.8) is 0 Å². The zero-order chi connectivity index (χ0) is 15.3. The van der Waals surface area contributed by atoms with Crippen LogP contribution in [-0.2, 0) is 0 Å². The van der Waals surface area contributed by atoms with Gasteiger partial charge in [0.25, 0.3) is 11.6 Å². The number of hydrogen-bond donors (Lipinski definition) is 1. The summed E-state index contributed by atoms with van der Waals surface area (Å²) in [6, 6.07) is 4.56. The maximum absolute atomic E-state index is 12.4. The summed E-state index contributed by atoms with van der Waals surface area (Å²) in [6.07, 6.45) is 0.795. The van der Waals surface area contributed by atoms with E-state index in [2.05, 4.69) is 5.32 Å². The van der Waals surface area contributed by atoms with E-state index in [1.54, 1.807) is 19.2 Å². The number of anilines is 1. The Morgan fingerprint density at radius 3 is 2.60 bits per heavy atom. The standard InChI is InChI=1S/C14H21N3O3/c1-5-10(3)16(4)14(18)12-9-11(15-6-2)7-8-13(12)17(19)20/h7-10,15H,5-6H2,1-4H3. The lowest BCUT2D eigenvalue weighted by Gasteiger charge is -2.24. The van der Waals surface area contributed by atoms with Crippen molar-refractivity contribution in [1.82, 2.24) is 4.90 Å². The molecule has 0 aliphatic carbocycles. The highest BCUT2D eigenvalue weighted by Crippen LogP contribution is 2.24. The zero-order valence-electron chi connectivity index (χ0n) is 12.3. The number of carbonyl (C=O) groups is 1. The maximum atomic E-state index is 12.4. The Morgan fingerprint density at radius 2 is 2.10 bits per heavy atom. The monoisotopic (exact) mass is 279 g/mol. The van der Waals surface area contributed by atoms with Gasteiger partial charge in [-0.05, 0) is 32.4 Å². The van der Waals surface area contributed by atoms with Crippen LogP contribution in [0.25, 0.3) is 0 Å². The smallest absolute Gasteiger partial charge is 0.282 e. The van der Waals surface area contributed by atoms with Crippen LogP contribution in [0.15, 0.2) is 18.2 Å². The molecule has 0 aliphatic heterocycles. The lowest BCUT2D eigenvalue weighted by molar-refractivity contribution is -0.385. The number of rotatable bonds is 6. The van der Waals surface area contributed by atoms with E-state index in [1.165, 1.54) is 11.0 Å². The number of nitro groups is 1. The molecule has 0 aliphatic rings. The molecule has 0 saturated heterocycles. The van der Waals surface area contributed by atoms with Gasteiger partial charge in [-0.3, -0.25) is 14.9 Å². The van der Waals surface area contributed by atoms with Crippen LogP contribution in [0.5, 0.6) is 0 Å². The van der Waals surface area contributed by atoms with Gasteiger partial charge in [0.2, 0.25) is 0 Å². The van der Waals surface area contributed by atoms with Gasteiger partial charge in [0.1, 0.15) is 5.56 Å². The van der Waals surface area contributed by atoms with E-state index in [0.29, 0.717) is 12.2 Å². The SMILES string of the molecule is CCNc1ccc([N+](=O)[O-])c(C(=O)N(C)C(C)CC)c1. The number of carbonyl (C=O) groups excluding carboxylic acids is 1. The number of hydrogen-bond acceptors (Lipinski definition) is 4. The molecule has 1 aromatic rings. The van der Waals surface area contributed by atoms with Gasteiger partial charge in [-0.15, -0.1) is 0 Å². The summed E-state index contributed by atoms with van der Waals surface area (Å²) in [4.78, 5) is 24.5. The fourth-order valence-corrected chi connectivity index (χ4v) is 1.84. The summed E-state index contributed by atoms with van der Waals surface area (Å²) < 4.78 is 0. The fourth-order valence-electron chi connectivity index (χ4n) is 1.84. The van der Waals surface area contributed by atoms with E-state index < -0.39 is 4.92 Å². The highest BCUT2D eigenvalue weighted by Gasteiger charge is 2.25. The van der Waals surface area contributed by atoms with Crippen molar-refractivity contribution in [2.75, 3.05) is 18.9 Å². The number of nitrogens with zero attached hydrogens (tertiary/aromatic N) is 2. The highest BCUT2D eigenvalue weighted by atomic mass is 16.6. The fraction of sp³-hybridized carbons (Fsp3) is 0.500. The van der Waals surface area contributed by atoms with Crippen molar-refractivity contribution in [1.29, 1.82) is 0 Å². The molecule has 0 saturated carbocycles. The zero-order valence-corrected chi connectivity index (χ0v) is 12.3. The van der Waals surface area contributed by atoms with Gasteiger partial charge in [0.15, 0.2) is 0 Å². The van der Waals surface area contributed by atoms with Crippen LogP contribution in [0.4, 0.5) is 11.4 Å². The Hall–Kier alpha value is -2.11. The Labute approximate surface area is 118 Å². The van der Waals surface area contributed by atoms with Crippen LogP contribution >= 0.6 is 0 Å². The summed E-state index contributed by atoms with van der Waals surface area (Å²) >= 11 is 0. The topological polar surface area (TPSA) is 75.5 Å². The van der Waals surface area contributed by atoms with E-state index in [1.807, 2.05) is 20.8 Å². The van der Waals surface area contributed by atoms with Crippen LogP contribution in [0.1, 0.15) is 37.6 Å². The predicted octanol–water partition coefficient (Wildman–Crippen LogP) is 2.90. The molecule has 0 radical (unpaired) electrons. The van der Waals surface area contributed by atoms with Crippen molar-refractivity contribution in [3.05, 3.63) is 33.9 Å². The third-order valence-electron chi connectivity index (χ3n) is 3.38. The van der Waals surface area contributed by atoms with E-state index in [4.69, 9.17) is 0 Å². The Bertz CT molecular complexity index is 502. The van der Waals surface area contributed by atoms with Gasteiger partial charge < -0.3 is 10.2 Å². The highest BCUT2D eigenvalue weighted by molar-refractivity contribution is 5.99. The lowest BCUT2D eigenvalue weighted by Crippen LogP contribution is -2.35. The molecule has 0 heterocycles. The van der Waals surface area contributed by atoms with E-state index >= 15 is 0 Å². The van der Waals surface area contributed by atoms with Crippen LogP contribution in [-0.4, -0.2) is 35.4 Å². The third kappa shape index (κ3) is 3.46. The van der Waals surface area contributed by atoms with E-state index in [9.17, 15) is 14.9 Å². The van der Waals surface area contributed by atoms with Gasteiger partial charge in [0, 0.05) is 31.4 Å². The van der Waals surface area contributed by atoms with Crippen molar-refractivity contribution < 1.29 is 9.72 Å².